The molecule has 0 radical (unpaired) electrons. The van der Waals surface area contributed by atoms with Crippen molar-refractivity contribution in [3.05, 3.63) is 64.3 Å². The van der Waals surface area contributed by atoms with E-state index in [2.05, 4.69) is 30.8 Å². The predicted molar refractivity (Wildman–Crippen MR) is 104 cm³/mol. The van der Waals surface area contributed by atoms with Gasteiger partial charge in [-0.1, -0.05) is 6.42 Å². The molecule has 1 amide bonds. The molecule has 1 saturated carbocycles. The molecule has 3 heterocycles. The topological polar surface area (TPSA) is 92.7 Å². The monoisotopic (exact) mass is 398 g/mol. The summed E-state index contributed by atoms with van der Waals surface area (Å²) in [4.78, 5) is 20.5. The minimum absolute atomic E-state index is 0.233. The highest BCUT2D eigenvalue weighted by Crippen LogP contribution is 2.43. The Balaban J connectivity index is 1.36. The van der Waals surface area contributed by atoms with Crippen molar-refractivity contribution in [2.75, 3.05) is 11.9 Å². The summed E-state index contributed by atoms with van der Waals surface area (Å²) in [5.74, 6) is -0.0401. The van der Waals surface area contributed by atoms with E-state index in [1.165, 1.54) is 17.4 Å². The molecule has 0 aromatic carbocycles. The van der Waals surface area contributed by atoms with Gasteiger partial charge in [0.1, 0.15) is 16.6 Å². The highest BCUT2D eigenvalue weighted by atomic mass is 32.1. The van der Waals surface area contributed by atoms with E-state index in [1.807, 2.05) is 5.38 Å². The summed E-state index contributed by atoms with van der Waals surface area (Å²) in [6.07, 6.45) is 6.11. The van der Waals surface area contributed by atoms with Crippen LogP contribution in [0.25, 0.3) is 0 Å². The number of nitrogens with one attached hydrogen (secondary N) is 2. The number of anilines is 1. The Morgan fingerprint density at radius 3 is 2.71 bits per heavy atom. The van der Waals surface area contributed by atoms with Gasteiger partial charge in [0.05, 0.1) is 12.2 Å². The van der Waals surface area contributed by atoms with Crippen molar-refractivity contribution in [1.82, 2.24) is 25.5 Å². The van der Waals surface area contributed by atoms with E-state index in [9.17, 15) is 9.18 Å². The van der Waals surface area contributed by atoms with Gasteiger partial charge in [-0.05, 0) is 37.1 Å². The van der Waals surface area contributed by atoms with Gasteiger partial charge >= 0.3 is 0 Å². The molecule has 0 aliphatic heterocycles. The molecule has 0 atom stereocenters. The average molecular weight is 398 g/mol. The third kappa shape index (κ3) is 3.84. The van der Waals surface area contributed by atoms with Gasteiger partial charge in [0.15, 0.2) is 5.69 Å². The number of nitrogens with zero attached hydrogens (tertiary/aromatic N) is 4. The van der Waals surface area contributed by atoms with Crippen molar-refractivity contribution < 1.29 is 9.18 Å². The fourth-order valence-corrected chi connectivity index (χ4v) is 3.83. The molecule has 1 aliphatic rings. The Hall–Kier alpha value is -2.94. The first-order valence-electron chi connectivity index (χ1n) is 9.01. The van der Waals surface area contributed by atoms with Crippen molar-refractivity contribution in [2.24, 2.45) is 0 Å². The Morgan fingerprint density at radius 1 is 1.18 bits per heavy atom. The summed E-state index contributed by atoms with van der Waals surface area (Å²) >= 11 is 1.47. The van der Waals surface area contributed by atoms with Crippen LogP contribution in [-0.2, 0) is 12.0 Å². The Labute approximate surface area is 165 Å². The zero-order chi connectivity index (χ0) is 19.4. The molecule has 0 spiro atoms. The van der Waals surface area contributed by atoms with Crippen molar-refractivity contribution in [2.45, 2.75) is 31.2 Å². The van der Waals surface area contributed by atoms with Crippen LogP contribution in [0.3, 0.4) is 0 Å². The zero-order valence-electron chi connectivity index (χ0n) is 15.1. The molecule has 3 aromatic rings. The SMILES string of the molecule is O=C(NCc1nccs1)c1ccc(NCC2(c3ncccc3F)CCC2)nn1. The minimum atomic E-state index is -0.323. The number of thiazole rings is 1. The number of aromatic nitrogens is 4. The molecule has 1 fully saturated rings. The fraction of sp³-hybridized carbons (Fsp3) is 0.316. The third-order valence-corrected chi connectivity index (χ3v) is 5.74. The smallest absolute Gasteiger partial charge is 0.272 e. The van der Waals surface area contributed by atoms with E-state index in [0.29, 0.717) is 24.6 Å². The largest absolute Gasteiger partial charge is 0.368 e. The lowest BCUT2D eigenvalue weighted by atomic mass is 9.66. The molecule has 7 nitrogen and oxygen atoms in total. The van der Waals surface area contributed by atoms with Crippen molar-refractivity contribution in [1.29, 1.82) is 0 Å². The summed E-state index contributed by atoms with van der Waals surface area (Å²) in [6.45, 7) is 0.877. The summed E-state index contributed by atoms with van der Waals surface area (Å²) in [7, 11) is 0. The molecule has 0 bridgehead atoms. The van der Waals surface area contributed by atoms with E-state index in [-0.39, 0.29) is 22.8 Å². The number of hydrogen-bond donors (Lipinski definition) is 2. The molecule has 4 rings (SSSR count). The molecule has 9 heteroatoms. The number of carbonyl (C=O) groups excluding carboxylic acids is 1. The fourth-order valence-electron chi connectivity index (χ4n) is 3.27. The lowest BCUT2D eigenvalue weighted by Crippen LogP contribution is -2.42. The molecule has 3 aromatic heterocycles. The van der Waals surface area contributed by atoms with Crippen LogP contribution < -0.4 is 10.6 Å². The van der Waals surface area contributed by atoms with Crippen LogP contribution in [0, 0.1) is 5.82 Å². The van der Waals surface area contributed by atoms with Crippen LogP contribution in [0.2, 0.25) is 0 Å². The first-order chi connectivity index (χ1) is 13.7. The second kappa shape index (κ2) is 7.97. The first kappa shape index (κ1) is 18.4. The molecule has 1 aliphatic carbocycles. The van der Waals surface area contributed by atoms with E-state index >= 15 is 0 Å². The first-order valence-corrected chi connectivity index (χ1v) is 9.89. The Morgan fingerprint density at radius 2 is 2.07 bits per heavy atom. The lowest BCUT2D eigenvalue weighted by Gasteiger charge is -2.41. The Kier molecular flexibility index (Phi) is 5.25. The normalized spacial score (nSPS) is 14.9. The second-order valence-electron chi connectivity index (χ2n) is 6.73. The predicted octanol–water partition coefficient (Wildman–Crippen LogP) is 2.93. The quantitative estimate of drug-likeness (QED) is 0.636. The lowest BCUT2D eigenvalue weighted by molar-refractivity contribution is 0.0945. The second-order valence-corrected chi connectivity index (χ2v) is 7.71. The van der Waals surface area contributed by atoms with Gasteiger partial charge < -0.3 is 10.6 Å². The zero-order valence-corrected chi connectivity index (χ0v) is 15.9. The molecule has 0 saturated heterocycles. The molecule has 2 N–H and O–H groups in total. The number of hydrogen-bond acceptors (Lipinski definition) is 7. The van der Waals surface area contributed by atoms with Gasteiger partial charge in [0.2, 0.25) is 0 Å². The highest BCUT2D eigenvalue weighted by molar-refractivity contribution is 7.09. The maximum atomic E-state index is 14.2. The van der Waals surface area contributed by atoms with E-state index < -0.39 is 0 Å². The summed E-state index contributed by atoms with van der Waals surface area (Å²) in [5.41, 5.74) is 0.410. The maximum Gasteiger partial charge on any atom is 0.272 e. The number of carbonyl (C=O) groups is 1. The minimum Gasteiger partial charge on any atom is -0.368 e. The van der Waals surface area contributed by atoms with Crippen molar-refractivity contribution in [3.8, 4) is 0 Å². The van der Waals surface area contributed by atoms with Gasteiger partial charge in [-0.3, -0.25) is 9.78 Å². The van der Waals surface area contributed by atoms with Crippen LogP contribution in [0.1, 0.15) is 40.5 Å². The Bertz CT molecular complexity index is 943. The van der Waals surface area contributed by atoms with E-state index in [4.69, 9.17) is 0 Å². The number of pyridine rings is 1. The van der Waals surface area contributed by atoms with Crippen LogP contribution in [0.5, 0.6) is 0 Å². The average Bonchev–Trinajstić information content (AvgIpc) is 3.21. The third-order valence-electron chi connectivity index (χ3n) is 4.96. The van der Waals surface area contributed by atoms with Crippen molar-refractivity contribution in [3.63, 3.8) is 0 Å². The summed E-state index contributed by atoms with van der Waals surface area (Å²) in [5, 5.41) is 16.7. The standard InChI is InChI=1S/C19H19FN6OS/c20-13-3-1-8-22-17(13)19(6-2-7-19)12-24-15-5-4-14(25-26-15)18(27)23-11-16-21-9-10-28-16/h1,3-5,8-10H,2,6-7,11-12H2,(H,23,27)(H,24,26). The van der Waals surface area contributed by atoms with Crippen LogP contribution in [0.15, 0.2) is 42.0 Å². The maximum absolute atomic E-state index is 14.2. The number of amides is 1. The van der Waals surface area contributed by atoms with E-state index in [0.717, 1.165) is 24.3 Å². The van der Waals surface area contributed by atoms with Gasteiger partial charge in [-0.25, -0.2) is 9.37 Å². The van der Waals surface area contributed by atoms with Crippen LogP contribution in [0.4, 0.5) is 10.2 Å². The molecular formula is C19H19FN6OS. The summed E-state index contributed by atoms with van der Waals surface area (Å²) < 4.78 is 14.2. The summed E-state index contributed by atoms with van der Waals surface area (Å²) in [6, 6.07) is 6.36. The van der Waals surface area contributed by atoms with Crippen LogP contribution in [-0.4, -0.2) is 32.6 Å². The van der Waals surface area contributed by atoms with Gasteiger partial charge in [0.25, 0.3) is 5.91 Å². The van der Waals surface area contributed by atoms with Gasteiger partial charge in [-0.2, -0.15) is 0 Å². The molecule has 28 heavy (non-hydrogen) atoms. The highest BCUT2D eigenvalue weighted by Gasteiger charge is 2.41. The van der Waals surface area contributed by atoms with E-state index in [1.54, 1.807) is 30.6 Å². The number of halogens is 1. The van der Waals surface area contributed by atoms with Crippen LogP contribution >= 0.6 is 11.3 Å². The molecule has 144 valence electrons. The molecular weight excluding hydrogens is 379 g/mol. The number of rotatable bonds is 7. The van der Waals surface area contributed by atoms with Gasteiger partial charge in [-0.15, -0.1) is 21.5 Å². The molecule has 0 unspecified atom stereocenters. The van der Waals surface area contributed by atoms with Gasteiger partial charge in [0, 0.05) is 29.7 Å². The van der Waals surface area contributed by atoms with Crippen molar-refractivity contribution >= 4 is 23.1 Å².